The van der Waals surface area contributed by atoms with Crippen LogP contribution in [0.5, 0.6) is 11.5 Å². The van der Waals surface area contributed by atoms with Crippen LogP contribution in [0.2, 0.25) is 0 Å². The molecule has 0 spiro atoms. The number of allylic oxidation sites excluding steroid dienone is 2. The first-order chi connectivity index (χ1) is 13.0. The van der Waals surface area contributed by atoms with Crippen molar-refractivity contribution in [3.8, 4) is 11.5 Å². The van der Waals surface area contributed by atoms with E-state index in [1.807, 2.05) is 19.9 Å². The third kappa shape index (κ3) is 4.26. The molecule has 5 heteroatoms. The molecule has 138 valence electrons. The number of hydrogen-bond donors (Lipinski definition) is 0. The number of esters is 1. The number of rotatable bonds is 5. The van der Waals surface area contributed by atoms with Gasteiger partial charge in [0.1, 0.15) is 18.1 Å². The summed E-state index contributed by atoms with van der Waals surface area (Å²) in [7, 11) is 1.33. The van der Waals surface area contributed by atoms with Crippen molar-refractivity contribution in [1.29, 1.82) is 0 Å². The molecule has 0 aromatic heterocycles. The number of carbonyl (C=O) groups is 2. The molecule has 0 saturated carbocycles. The molecule has 1 aliphatic heterocycles. The second kappa shape index (κ2) is 7.91. The van der Waals surface area contributed by atoms with Gasteiger partial charge in [-0.05, 0) is 55.8 Å². The Kier molecular flexibility index (Phi) is 5.41. The topological polar surface area (TPSA) is 61.8 Å². The maximum Gasteiger partial charge on any atom is 0.337 e. The van der Waals surface area contributed by atoms with Gasteiger partial charge in [0.25, 0.3) is 0 Å². The van der Waals surface area contributed by atoms with E-state index in [4.69, 9.17) is 9.47 Å². The molecule has 0 atom stereocenters. The van der Waals surface area contributed by atoms with Crippen molar-refractivity contribution >= 4 is 17.8 Å². The largest absolute Gasteiger partial charge is 0.489 e. The Balaban J connectivity index is 1.76. The number of methoxy groups -OCH3 is 1. The molecule has 0 unspecified atom stereocenters. The fourth-order valence-corrected chi connectivity index (χ4v) is 2.55. The standard InChI is InChI=1S/C22H20O5/c1-14(2)10-11-26-17-8-9-18-19(13-17)27-20(21(18)23)12-15-4-6-16(7-5-15)22(24)25-3/h4-10,12-13H,11H2,1-3H3. The number of hydrogen-bond acceptors (Lipinski definition) is 5. The van der Waals surface area contributed by atoms with Crippen LogP contribution in [0.3, 0.4) is 0 Å². The zero-order valence-electron chi connectivity index (χ0n) is 15.4. The molecule has 0 radical (unpaired) electrons. The van der Waals surface area contributed by atoms with Gasteiger partial charge in [-0.1, -0.05) is 17.7 Å². The Bertz CT molecular complexity index is 932. The van der Waals surface area contributed by atoms with Crippen LogP contribution in [-0.2, 0) is 4.74 Å². The van der Waals surface area contributed by atoms with Crippen LogP contribution in [0.15, 0.2) is 59.9 Å². The highest BCUT2D eigenvalue weighted by atomic mass is 16.5. The Morgan fingerprint density at radius 2 is 1.85 bits per heavy atom. The molecule has 1 heterocycles. The van der Waals surface area contributed by atoms with Crippen molar-refractivity contribution in [2.45, 2.75) is 13.8 Å². The number of Topliss-reactive ketones (excluding diaryl/α,β-unsaturated/α-hetero) is 1. The summed E-state index contributed by atoms with van der Waals surface area (Å²) in [6.07, 6.45) is 3.62. The van der Waals surface area contributed by atoms with Crippen LogP contribution >= 0.6 is 0 Å². The highest BCUT2D eigenvalue weighted by molar-refractivity contribution is 6.14. The highest BCUT2D eigenvalue weighted by Gasteiger charge is 2.27. The Morgan fingerprint density at radius 1 is 1.11 bits per heavy atom. The van der Waals surface area contributed by atoms with E-state index in [0.29, 0.717) is 29.2 Å². The Labute approximate surface area is 157 Å². The number of benzene rings is 2. The van der Waals surface area contributed by atoms with Crippen molar-refractivity contribution in [2.75, 3.05) is 13.7 Å². The van der Waals surface area contributed by atoms with Crippen LogP contribution in [0.4, 0.5) is 0 Å². The molecule has 5 nitrogen and oxygen atoms in total. The highest BCUT2D eigenvalue weighted by Crippen LogP contribution is 2.34. The first kappa shape index (κ1) is 18.5. The fourth-order valence-electron chi connectivity index (χ4n) is 2.55. The molecule has 2 aromatic rings. The minimum atomic E-state index is -0.407. The van der Waals surface area contributed by atoms with Gasteiger partial charge in [-0.15, -0.1) is 0 Å². The maximum atomic E-state index is 12.5. The number of carbonyl (C=O) groups excluding carboxylic acids is 2. The summed E-state index contributed by atoms with van der Waals surface area (Å²) in [6, 6.07) is 11.9. The minimum absolute atomic E-state index is 0.183. The van der Waals surface area contributed by atoms with Crippen LogP contribution in [0.1, 0.15) is 40.1 Å². The molecular formula is C22H20O5. The third-order valence-corrected chi connectivity index (χ3v) is 4.01. The van der Waals surface area contributed by atoms with Crippen molar-refractivity contribution in [1.82, 2.24) is 0 Å². The number of ether oxygens (including phenoxy) is 3. The average Bonchev–Trinajstić information content (AvgIpc) is 2.96. The molecular weight excluding hydrogens is 344 g/mol. The van der Waals surface area contributed by atoms with E-state index in [-0.39, 0.29) is 11.5 Å². The first-order valence-electron chi connectivity index (χ1n) is 8.51. The second-order valence-electron chi connectivity index (χ2n) is 6.30. The summed E-state index contributed by atoms with van der Waals surface area (Å²) in [5, 5.41) is 0. The van der Waals surface area contributed by atoms with E-state index in [2.05, 4.69) is 4.74 Å². The van der Waals surface area contributed by atoms with E-state index in [1.54, 1.807) is 48.5 Å². The Morgan fingerprint density at radius 3 is 2.52 bits per heavy atom. The van der Waals surface area contributed by atoms with Crippen molar-refractivity contribution < 1.29 is 23.8 Å². The van der Waals surface area contributed by atoms with E-state index in [9.17, 15) is 9.59 Å². The monoisotopic (exact) mass is 364 g/mol. The zero-order valence-corrected chi connectivity index (χ0v) is 15.4. The van der Waals surface area contributed by atoms with Gasteiger partial charge < -0.3 is 14.2 Å². The summed E-state index contributed by atoms with van der Waals surface area (Å²) in [6.45, 7) is 4.47. The summed E-state index contributed by atoms with van der Waals surface area (Å²) in [5.41, 5.74) is 2.87. The molecule has 0 N–H and O–H groups in total. The van der Waals surface area contributed by atoms with Crippen molar-refractivity contribution in [3.05, 3.63) is 76.6 Å². The number of fused-ring (bicyclic) bond motifs is 1. The van der Waals surface area contributed by atoms with Gasteiger partial charge in [-0.25, -0.2) is 4.79 Å². The summed E-state index contributed by atoms with van der Waals surface area (Å²) in [4.78, 5) is 24.0. The molecule has 0 fully saturated rings. The number of ketones is 1. The summed E-state index contributed by atoms with van der Waals surface area (Å²) in [5.74, 6) is 0.764. The lowest BCUT2D eigenvalue weighted by Crippen LogP contribution is -2.01. The molecule has 2 aromatic carbocycles. The molecule has 0 amide bonds. The molecule has 3 rings (SSSR count). The van der Waals surface area contributed by atoms with E-state index in [1.165, 1.54) is 12.7 Å². The normalized spacial score (nSPS) is 13.7. The van der Waals surface area contributed by atoms with E-state index < -0.39 is 5.97 Å². The molecule has 1 aliphatic rings. The van der Waals surface area contributed by atoms with Crippen molar-refractivity contribution in [3.63, 3.8) is 0 Å². The van der Waals surface area contributed by atoms with Crippen LogP contribution in [-0.4, -0.2) is 25.5 Å². The lowest BCUT2D eigenvalue weighted by atomic mass is 10.1. The zero-order chi connectivity index (χ0) is 19.4. The molecule has 27 heavy (non-hydrogen) atoms. The van der Waals surface area contributed by atoms with Gasteiger partial charge in [-0.3, -0.25) is 4.79 Å². The quantitative estimate of drug-likeness (QED) is 0.446. The minimum Gasteiger partial charge on any atom is -0.489 e. The average molecular weight is 364 g/mol. The molecule has 0 aliphatic carbocycles. The van der Waals surface area contributed by atoms with Gasteiger partial charge >= 0.3 is 5.97 Å². The first-order valence-corrected chi connectivity index (χ1v) is 8.51. The van der Waals surface area contributed by atoms with Gasteiger partial charge in [-0.2, -0.15) is 0 Å². The smallest absolute Gasteiger partial charge is 0.337 e. The second-order valence-corrected chi connectivity index (χ2v) is 6.30. The van der Waals surface area contributed by atoms with Gasteiger partial charge in [0.2, 0.25) is 5.78 Å². The predicted octanol–water partition coefficient (Wildman–Crippen LogP) is 4.43. The summed E-state index contributed by atoms with van der Waals surface area (Å²) >= 11 is 0. The lowest BCUT2D eigenvalue weighted by Gasteiger charge is -2.05. The van der Waals surface area contributed by atoms with Gasteiger partial charge in [0.15, 0.2) is 5.76 Å². The summed E-state index contributed by atoms with van der Waals surface area (Å²) < 4.78 is 16.0. The van der Waals surface area contributed by atoms with E-state index >= 15 is 0 Å². The van der Waals surface area contributed by atoms with Crippen LogP contribution < -0.4 is 9.47 Å². The van der Waals surface area contributed by atoms with Gasteiger partial charge in [0, 0.05) is 6.07 Å². The third-order valence-electron chi connectivity index (χ3n) is 4.01. The fraction of sp³-hybridized carbons (Fsp3) is 0.182. The molecule has 0 saturated heterocycles. The molecule has 0 bridgehead atoms. The van der Waals surface area contributed by atoms with Crippen LogP contribution in [0.25, 0.3) is 6.08 Å². The SMILES string of the molecule is COC(=O)c1ccc(C=C2Oc3cc(OCC=C(C)C)ccc3C2=O)cc1. The van der Waals surface area contributed by atoms with Crippen molar-refractivity contribution in [2.24, 2.45) is 0 Å². The lowest BCUT2D eigenvalue weighted by molar-refractivity contribution is 0.0600. The Hall–Kier alpha value is -3.34. The maximum absolute atomic E-state index is 12.5. The predicted molar refractivity (Wildman–Crippen MR) is 102 cm³/mol. The van der Waals surface area contributed by atoms with Gasteiger partial charge in [0.05, 0.1) is 18.2 Å². The van der Waals surface area contributed by atoms with E-state index in [0.717, 1.165) is 5.56 Å². The van der Waals surface area contributed by atoms with Crippen LogP contribution in [0, 0.1) is 0 Å².